The van der Waals surface area contributed by atoms with Crippen LogP contribution in [0.1, 0.15) is 18.9 Å². The Morgan fingerprint density at radius 1 is 0.731 bits per heavy atom. The molecule has 3 rings (SSSR count). The summed E-state index contributed by atoms with van der Waals surface area (Å²) in [6.07, 6.45) is 1.96. The highest BCUT2D eigenvalue weighted by Crippen LogP contribution is 2.32. The first kappa shape index (κ1) is 18.6. The van der Waals surface area contributed by atoms with Crippen LogP contribution in [0.2, 0.25) is 0 Å². The Morgan fingerprint density at radius 2 is 1.31 bits per heavy atom. The highest BCUT2D eigenvalue weighted by Gasteiger charge is 2.17. The molecular weight excluding hydrogens is 359 g/mol. The molecule has 0 aliphatic heterocycles. The van der Waals surface area contributed by atoms with E-state index >= 15 is 0 Å². The zero-order valence-electron chi connectivity index (χ0n) is 14.1. The van der Waals surface area contributed by atoms with Crippen molar-refractivity contribution in [1.82, 2.24) is 0 Å². The van der Waals surface area contributed by atoms with Gasteiger partial charge in [-0.05, 0) is 52.9 Å². The normalized spacial score (nSPS) is 11.0. The van der Waals surface area contributed by atoms with Crippen molar-refractivity contribution < 1.29 is 17.6 Å². The minimum atomic E-state index is -1.15. The Hall–Kier alpha value is -2.19. The third-order valence-corrected chi connectivity index (χ3v) is 4.63. The van der Waals surface area contributed by atoms with Crippen LogP contribution in [0.15, 0.2) is 48.5 Å². The van der Waals surface area contributed by atoms with Crippen LogP contribution in [0.25, 0.3) is 22.3 Å². The predicted octanol–water partition coefficient (Wildman–Crippen LogP) is 6.03. The Morgan fingerprint density at radius 3 is 1.85 bits per heavy atom. The predicted molar refractivity (Wildman–Crippen MR) is 100 cm³/mol. The van der Waals surface area contributed by atoms with Gasteiger partial charge in [-0.2, -0.15) is 0 Å². The van der Waals surface area contributed by atoms with Gasteiger partial charge in [-0.1, -0.05) is 37.6 Å². The maximum absolute atomic E-state index is 14.6. The fourth-order valence-corrected chi connectivity index (χ4v) is 3.24. The molecule has 0 amide bonds. The summed E-state index contributed by atoms with van der Waals surface area (Å²) in [6, 6.07) is 11.9. The Labute approximate surface area is 152 Å². The largest absolute Gasteiger partial charge is 0.206 e. The van der Waals surface area contributed by atoms with Gasteiger partial charge in [0.2, 0.25) is 0 Å². The second-order valence-electron chi connectivity index (χ2n) is 6.12. The number of rotatable bonds is 4. The monoisotopic (exact) mass is 376 g/mol. The van der Waals surface area contributed by atoms with Crippen molar-refractivity contribution in [2.45, 2.75) is 19.8 Å². The van der Waals surface area contributed by atoms with Crippen LogP contribution < -0.4 is 5.30 Å². The molecule has 0 aliphatic rings. The summed E-state index contributed by atoms with van der Waals surface area (Å²) in [5.74, 6) is -3.86. The first-order valence-electron chi connectivity index (χ1n) is 8.24. The fraction of sp³-hybridized carbons (Fsp3) is 0.143. The maximum atomic E-state index is 14.6. The lowest BCUT2D eigenvalue weighted by Gasteiger charge is -2.11. The molecule has 0 aliphatic carbocycles. The maximum Gasteiger partial charge on any atom is 0.165 e. The lowest BCUT2D eigenvalue weighted by molar-refractivity contribution is 0.514. The van der Waals surface area contributed by atoms with Crippen molar-refractivity contribution in [3.63, 3.8) is 0 Å². The van der Waals surface area contributed by atoms with Gasteiger partial charge in [0.15, 0.2) is 11.6 Å². The van der Waals surface area contributed by atoms with Gasteiger partial charge < -0.3 is 0 Å². The molecule has 0 fully saturated rings. The lowest BCUT2D eigenvalue weighted by atomic mass is 9.97. The second kappa shape index (κ2) is 7.59. The van der Waals surface area contributed by atoms with Crippen LogP contribution >= 0.6 is 9.24 Å². The lowest BCUT2D eigenvalue weighted by Crippen LogP contribution is -2.04. The zero-order valence-corrected chi connectivity index (χ0v) is 15.3. The SMILES string of the molecule is CCCc1ccc(-c2cc(F)c(-c3cc(F)c(F)c(P)c3)c(F)c2)cc1. The molecule has 1 unspecified atom stereocenters. The van der Waals surface area contributed by atoms with Gasteiger partial charge in [-0.25, -0.2) is 17.6 Å². The van der Waals surface area contributed by atoms with Crippen molar-refractivity contribution in [3.8, 4) is 22.3 Å². The molecule has 26 heavy (non-hydrogen) atoms. The fourth-order valence-electron chi connectivity index (χ4n) is 2.92. The minimum absolute atomic E-state index is 0.0475. The average molecular weight is 376 g/mol. The van der Waals surface area contributed by atoms with E-state index in [1.54, 1.807) is 0 Å². The van der Waals surface area contributed by atoms with Crippen molar-refractivity contribution in [3.05, 3.63) is 77.4 Å². The van der Waals surface area contributed by atoms with E-state index in [9.17, 15) is 17.6 Å². The molecule has 3 aromatic carbocycles. The van der Waals surface area contributed by atoms with E-state index in [0.717, 1.165) is 24.5 Å². The summed E-state index contributed by atoms with van der Waals surface area (Å²) in [7, 11) is 2.02. The molecule has 134 valence electrons. The summed E-state index contributed by atoms with van der Waals surface area (Å²) in [4.78, 5) is 0. The van der Waals surface area contributed by atoms with Crippen molar-refractivity contribution >= 4 is 14.5 Å². The summed E-state index contributed by atoms with van der Waals surface area (Å²) in [6.45, 7) is 2.08. The van der Waals surface area contributed by atoms with Crippen LogP contribution in [0.5, 0.6) is 0 Å². The number of aryl methyl sites for hydroxylation is 1. The van der Waals surface area contributed by atoms with Crippen molar-refractivity contribution in [2.75, 3.05) is 0 Å². The average Bonchev–Trinajstić information content (AvgIpc) is 2.60. The molecule has 0 radical (unpaired) electrons. The molecule has 0 saturated carbocycles. The standard InChI is InChI=1S/C21H17F4P/c1-2-3-12-4-6-13(7-5-12)14-8-16(22)20(17(23)9-14)15-10-18(24)21(25)19(26)11-15/h4-11H,2-3,26H2,1H3. The Balaban J connectivity index is 2.04. The van der Waals surface area contributed by atoms with Gasteiger partial charge in [0.1, 0.15) is 11.6 Å². The summed E-state index contributed by atoms with van der Waals surface area (Å²) in [5.41, 5.74) is 1.81. The third-order valence-electron chi connectivity index (χ3n) is 4.21. The second-order valence-corrected chi connectivity index (χ2v) is 6.75. The summed E-state index contributed by atoms with van der Waals surface area (Å²) >= 11 is 0. The van der Waals surface area contributed by atoms with Crippen LogP contribution in [-0.4, -0.2) is 0 Å². The van der Waals surface area contributed by atoms with Gasteiger partial charge in [-0.15, -0.1) is 9.24 Å². The van der Waals surface area contributed by atoms with Crippen molar-refractivity contribution in [2.24, 2.45) is 0 Å². The molecule has 1 atom stereocenters. The topological polar surface area (TPSA) is 0 Å². The first-order chi connectivity index (χ1) is 12.4. The molecule has 0 nitrogen and oxygen atoms in total. The van der Waals surface area contributed by atoms with Gasteiger partial charge in [0.25, 0.3) is 0 Å². The molecule has 0 N–H and O–H groups in total. The Kier molecular flexibility index (Phi) is 5.43. The van der Waals surface area contributed by atoms with Gasteiger partial charge in [0.05, 0.1) is 5.56 Å². The molecule has 5 heteroatoms. The van der Waals surface area contributed by atoms with Crippen LogP contribution in [0, 0.1) is 23.3 Å². The number of hydrogen-bond acceptors (Lipinski definition) is 0. The molecule has 3 aromatic rings. The van der Waals surface area contributed by atoms with E-state index in [0.29, 0.717) is 11.1 Å². The Bertz CT molecular complexity index is 903. The number of hydrogen-bond donors (Lipinski definition) is 0. The number of benzene rings is 3. The van der Waals surface area contributed by atoms with Gasteiger partial charge in [0, 0.05) is 5.30 Å². The smallest absolute Gasteiger partial charge is 0.165 e. The van der Waals surface area contributed by atoms with Crippen LogP contribution in [0.4, 0.5) is 17.6 Å². The molecular formula is C21H17F4P. The summed E-state index contributed by atoms with van der Waals surface area (Å²) in [5, 5.41) is -0.0885. The van der Waals surface area contributed by atoms with E-state index in [4.69, 9.17) is 0 Å². The van der Waals surface area contributed by atoms with Crippen molar-refractivity contribution in [1.29, 1.82) is 0 Å². The van der Waals surface area contributed by atoms with E-state index in [2.05, 4.69) is 6.92 Å². The molecule has 0 saturated heterocycles. The zero-order chi connectivity index (χ0) is 18.8. The first-order valence-corrected chi connectivity index (χ1v) is 8.81. The van der Waals surface area contributed by atoms with Crippen LogP contribution in [-0.2, 0) is 6.42 Å². The van der Waals surface area contributed by atoms with E-state index in [-0.39, 0.29) is 16.4 Å². The molecule has 0 aromatic heterocycles. The third kappa shape index (κ3) is 3.66. The van der Waals surface area contributed by atoms with Crippen LogP contribution in [0.3, 0.4) is 0 Å². The molecule has 0 spiro atoms. The van der Waals surface area contributed by atoms with Gasteiger partial charge in [-0.3, -0.25) is 0 Å². The highest BCUT2D eigenvalue weighted by atomic mass is 31.0. The van der Waals surface area contributed by atoms with Gasteiger partial charge >= 0.3 is 0 Å². The van der Waals surface area contributed by atoms with E-state index in [1.807, 2.05) is 33.5 Å². The molecule has 0 bridgehead atoms. The molecule has 0 heterocycles. The number of halogens is 4. The minimum Gasteiger partial charge on any atom is -0.206 e. The quantitative estimate of drug-likeness (QED) is 0.385. The van der Waals surface area contributed by atoms with E-state index < -0.39 is 23.3 Å². The highest BCUT2D eigenvalue weighted by molar-refractivity contribution is 7.27. The van der Waals surface area contributed by atoms with E-state index in [1.165, 1.54) is 18.2 Å². The summed E-state index contributed by atoms with van der Waals surface area (Å²) < 4.78 is 56.2.